The minimum atomic E-state index is -0.327. The third kappa shape index (κ3) is 4.07. The molecule has 0 N–H and O–H groups in total. The second kappa shape index (κ2) is 7.98. The number of carbonyl (C=O) groups excluding carboxylic acids is 3. The van der Waals surface area contributed by atoms with E-state index in [0.29, 0.717) is 32.7 Å². The maximum atomic E-state index is 12.9. The predicted molar refractivity (Wildman–Crippen MR) is 101 cm³/mol. The van der Waals surface area contributed by atoms with Crippen LogP contribution in [0.3, 0.4) is 0 Å². The van der Waals surface area contributed by atoms with Crippen LogP contribution in [0.15, 0.2) is 24.3 Å². The number of nitrogens with zero attached hydrogens (tertiary/aromatic N) is 3. The van der Waals surface area contributed by atoms with Crippen molar-refractivity contribution >= 4 is 23.4 Å². The lowest BCUT2D eigenvalue weighted by atomic mass is 10.1. The first-order chi connectivity index (χ1) is 12.9. The van der Waals surface area contributed by atoms with Gasteiger partial charge in [0.25, 0.3) is 0 Å². The Bertz CT molecular complexity index is 708. The second-order valence-electron chi connectivity index (χ2n) is 7.41. The fourth-order valence-corrected chi connectivity index (χ4v) is 3.66. The largest absolute Gasteiger partial charge is 0.497 e. The van der Waals surface area contributed by atoms with Crippen LogP contribution in [0.2, 0.25) is 0 Å². The van der Waals surface area contributed by atoms with Gasteiger partial charge in [0.15, 0.2) is 0 Å². The highest BCUT2D eigenvalue weighted by molar-refractivity contribution is 6.00. The van der Waals surface area contributed by atoms with Gasteiger partial charge in [0, 0.05) is 50.7 Å². The molecule has 2 aliphatic heterocycles. The van der Waals surface area contributed by atoms with E-state index in [9.17, 15) is 14.4 Å². The molecule has 3 rings (SSSR count). The van der Waals surface area contributed by atoms with Crippen molar-refractivity contribution in [3.05, 3.63) is 24.3 Å². The van der Waals surface area contributed by atoms with Crippen molar-refractivity contribution in [2.75, 3.05) is 44.7 Å². The molecule has 1 aromatic carbocycles. The van der Waals surface area contributed by atoms with Crippen molar-refractivity contribution in [2.45, 2.75) is 20.3 Å². The molecule has 0 saturated carbocycles. The topological polar surface area (TPSA) is 70.2 Å². The summed E-state index contributed by atoms with van der Waals surface area (Å²) in [6.45, 7) is 6.36. The van der Waals surface area contributed by atoms with Crippen LogP contribution >= 0.6 is 0 Å². The van der Waals surface area contributed by atoms with Gasteiger partial charge in [-0.2, -0.15) is 0 Å². The lowest BCUT2D eigenvalue weighted by Gasteiger charge is -2.36. The summed E-state index contributed by atoms with van der Waals surface area (Å²) in [5, 5.41) is 0. The molecule has 0 radical (unpaired) electrons. The Morgan fingerprint density at radius 3 is 2.19 bits per heavy atom. The van der Waals surface area contributed by atoms with E-state index in [4.69, 9.17) is 4.74 Å². The van der Waals surface area contributed by atoms with Crippen molar-refractivity contribution in [3.63, 3.8) is 0 Å². The summed E-state index contributed by atoms with van der Waals surface area (Å²) in [6, 6.07) is 7.28. The van der Waals surface area contributed by atoms with E-state index in [1.54, 1.807) is 16.9 Å². The number of piperazine rings is 1. The summed E-state index contributed by atoms with van der Waals surface area (Å²) in [7, 11) is 1.60. The number of amides is 3. The number of anilines is 1. The highest BCUT2D eigenvalue weighted by Crippen LogP contribution is 2.28. The Morgan fingerprint density at radius 1 is 1.04 bits per heavy atom. The van der Waals surface area contributed by atoms with Crippen LogP contribution in [-0.2, 0) is 14.4 Å². The first kappa shape index (κ1) is 19.2. The number of hydrogen-bond donors (Lipinski definition) is 0. The summed E-state index contributed by atoms with van der Waals surface area (Å²) in [5.41, 5.74) is 0.781. The molecule has 3 amide bonds. The van der Waals surface area contributed by atoms with Gasteiger partial charge in [0.05, 0.1) is 13.0 Å². The van der Waals surface area contributed by atoms with Crippen LogP contribution < -0.4 is 9.64 Å². The Morgan fingerprint density at radius 2 is 1.63 bits per heavy atom. The van der Waals surface area contributed by atoms with E-state index in [1.807, 2.05) is 43.0 Å². The summed E-state index contributed by atoms with van der Waals surface area (Å²) < 4.78 is 5.15. The number of methoxy groups -OCH3 is 1. The van der Waals surface area contributed by atoms with Crippen molar-refractivity contribution in [3.8, 4) is 5.75 Å². The summed E-state index contributed by atoms with van der Waals surface area (Å²) in [5.74, 6) is 0.475. The van der Waals surface area contributed by atoms with E-state index in [2.05, 4.69) is 0 Å². The summed E-state index contributed by atoms with van der Waals surface area (Å²) in [6.07, 6.45) is 0.232. The van der Waals surface area contributed by atoms with E-state index < -0.39 is 0 Å². The zero-order valence-corrected chi connectivity index (χ0v) is 16.2. The van der Waals surface area contributed by atoms with Crippen LogP contribution in [0.5, 0.6) is 5.75 Å². The van der Waals surface area contributed by atoms with Crippen molar-refractivity contribution in [2.24, 2.45) is 11.8 Å². The Labute approximate surface area is 159 Å². The molecule has 2 heterocycles. The third-order valence-electron chi connectivity index (χ3n) is 5.26. The smallest absolute Gasteiger partial charge is 0.228 e. The van der Waals surface area contributed by atoms with Crippen molar-refractivity contribution in [1.82, 2.24) is 9.80 Å². The van der Waals surface area contributed by atoms with Gasteiger partial charge in [-0.25, -0.2) is 0 Å². The fourth-order valence-electron chi connectivity index (χ4n) is 3.66. The molecule has 0 spiro atoms. The molecule has 0 aromatic heterocycles. The van der Waals surface area contributed by atoms with Gasteiger partial charge in [0.1, 0.15) is 5.75 Å². The Balaban J connectivity index is 1.58. The molecule has 1 aromatic rings. The number of rotatable bonds is 4. The maximum absolute atomic E-state index is 12.9. The normalized spacial score (nSPS) is 20.4. The monoisotopic (exact) mass is 373 g/mol. The third-order valence-corrected chi connectivity index (χ3v) is 5.26. The van der Waals surface area contributed by atoms with Gasteiger partial charge < -0.3 is 19.4 Å². The summed E-state index contributed by atoms with van der Waals surface area (Å²) in [4.78, 5) is 42.6. The zero-order chi connectivity index (χ0) is 19.6. The van der Waals surface area contributed by atoms with Gasteiger partial charge in [0.2, 0.25) is 17.7 Å². The minimum Gasteiger partial charge on any atom is -0.497 e. The molecule has 0 bridgehead atoms. The number of benzene rings is 1. The molecule has 0 unspecified atom stereocenters. The van der Waals surface area contributed by atoms with E-state index in [1.165, 1.54) is 0 Å². The molecular weight excluding hydrogens is 346 g/mol. The molecule has 0 aliphatic carbocycles. The minimum absolute atomic E-state index is 0.0102. The molecule has 2 fully saturated rings. The number of hydrogen-bond acceptors (Lipinski definition) is 4. The summed E-state index contributed by atoms with van der Waals surface area (Å²) >= 11 is 0. The Hall–Kier alpha value is -2.57. The van der Waals surface area contributed by atoms with Crippen LogP contribution in [0, 0.1) is 11.8 Å². The number of ether oxygens (including phenoxy) is 1. The highest BCUT2D eigenvalue weighted by Gasteiger charge is 2.38. The lowest BCUT2D eigenvalue weighted by molar-refractivity contribution is -0.143. The maximum Gasteiger partial charge on any atom is 0.228 e. The van der Waals surface area contributed by atoms with Gasteiger partial charge in [-0.15, -0.1) is 0 Å². The van der Waals surface area contributed by atoms with Gasteiger partial charge >= 0.3 is 0 Å². The van der Waals surface area contributed by atoms with Crippen LogP contribution in [0.4, 0.5) is 5.69 Å². The van der Waals surface area contributed by atoms with Gasteiger partial charge in [-0.3, -0.25) is 14.4 Å². The average Bonchev–Trinajstić information content (AvgIpc) is 3.08. The Kier molecular flexibility index (Phi) is 5.68. The molecule has 7 nitrogen and oxygen atoms in total. The lowest BCUT2D eigenvalue weighted by Crippen LogP contribution is -2.53. The molecule has 2 saturated heterocycles. The van der Waals surface area contributed by atoms with Crippen LogP contribution in [0.25, 0.3) is 0 Å². The molecule has 2 aliphatic rings. The molecule has 146 valence electrons. The van der Waals surface area contributed by atoms with Gasteiger partial charge in [-0.1, -0.05) is 13.8 Å². The van der Waals surface area contributed by atoms with Gasteiger partial charge in [-0.05, 0) is 24.3 Å². The zero-order valence-electron chi connectivity index (χ0n) is 16.2. The molecule has 7 heteroatoms. The highest BCUT2D eigenvalue weighted by atomic mass is 16.5. The van der Waals surface area contributed by atoms with E-state index in [0.717, 1.165) is 11.4 Å². The second-order valence-corrected chi connectivity index (χ2v) is 7.41. The molecule has 1 atom stereocenters. The van der Waals surface area contributed by atoms with E-state index >= 15 is 0 Å². The van der Waals surface area contributed by atoms with Crippen molar-refractivity contribution in [1.29, 1.82) is 0 Å². The predicted octanol–water partition coefficient (Wildman–Crippen LogP) is 1.37. The standard InChI is InChI=1S/C20H27N3O4/c1-14(2)19(25)21-8-10-22(11-9-21)20(26)15-12-18(24)23(13-15)16-4-6-17(27-3)7-5-16/h4-7,14-15H,8-13H2,1-3H3/t15-/m0/s1. The van der Waals surface area contributed by atoms with Crippen molar-refractivity contribution < 1.29 is 19.1 Å². The quantitative estimate of drug-likeness (QED) is 0.799. The average molecular weight is 373 g/mol. The fraction of sp³-hybridized carbons (Fsp3) is 0.550. The molecular formula is C20H27N3O4. The first-order valence-corrected chi connectivity index (χ1v) is 9.42. The van der Waals surface area contributed by atoms with Crippen LogP contribution in [0.1, 0.15) is 20.3 Å². The molecule has 27 heavy (non-hydrogen) atoms. The first-order valence-electron chi connectivity index (χ1n) is 9.42. The van der Waals surface area contributed by atoms with Crippen LogP contribution in [-0.4, -0.2) is 67.4 Å². The SMILES string of the molecule is COc1ccc(N2C[C@@H](C(=O)N3CCN(C(=O)C(C)C)CC3)CC2=O)cc1. The number of carbonyl (C=O) groups is 3. The van der Waals surface area contributed by atoms with E-state index in [-0.39, 0.29) is 36.0 Å².